The van der Waals surface area contributed by atoms with E-state index >= 15 is 0 Å². The van der Waals surface area contributed by atoms with Gasteiger partial charge in [-0.25, -0.2) is 15.0 Å². The molecule has 6 heteroatoms. The fourth-order valence-electron chi connectivity index (χ4n) is 2.71. The third-order valence-corrected chi connectivity index (χ3v) is 4.67. The summed E-state index contributed by atoms with van der Waals surface area (Å²) in [5.41, 5.74) is 3.37. The Morgan fingerprint density at radius 2 is 2.32 bits per heavy atom. The van der Waals surface area contributed by atoms with Gasteiger partial charge in [0.2, 0.25) is 5.89 Å². The molecule has 0 atom stereocenters. The van der Waals surface area contributed by atoms with Gasteiger partial charge in [0.25, 0.3) is 0 Å². The number of rotatable bonds is 3. The molecule has 4 rings (SSSR count). The molecule has 3 aromatic rings. The van der Waals surface area contributed by atoms with E-state index in [0.717, 1.165) is 48.1 Å². The summed E-state index contributed by atoms with van der Waals surface area (Å²) < 4.78 is 5.59. The van der Waals surface area contributed by atoms with Crippen LogP contribution in [0.4, 0.5) is 0 Å². The monoisotopic (exact) mass is 312 g/mol. The summed E-state index contributed by atoms with van der Waals surface area (Å²) in [6.07, 6.45) is 4.71. The molecule has 0 saturated heterocycles. The summed E-state index contributed by atoms with van der Waals surface area (Å²) in [5, 5.41) is 2.03. The minimum Gasteiger partial charge on any atom is -0.444 e. The predicted molar refractivity (Wildman–Crippen MR) is 84.4 cm³/mol. The zero-order valence-corrected chi connectivity index (χ0v) is 13.1. The second-order valence-corrected chi connectivity index (χ2v) is 6.42. The fraction of sp³-hybridized carbons (Fsp3) is 0.312. The quantitative estimate of drug-likeness (QED) is 0.744. The van der Waals surface area contributed by atoms with Crippen LogP contribution in [0.25, 0.3) is 10.8 Å². The number of nitrogens with zero attached hydrogens (tertiary/aromatic N) is 4. The van der Waals surface area contributed by atoms with Gasteiger partial charge in [0, 0.05) is 25.8 Å². The van der Waals surface area contributed by atoms with Crippen molar-refractivity contribution in [3.8, 4) is 10.8 Å². The van der Waals surface area contributed by atoms with E-state index in [-0.39, 0.29) is 0 Å². The lowest BCUT2D eigenvalue weighted by Gasteiger charge is -2.26. The van der Waals surface area contributed by atoms with Crippen molar-refractivity contribution < 1.29 is 4.42 Å². The Balaban J connectivity index is 1.48. The minimum atomic E-state index is 0.709. The third-order valence-electron chi connectivity index (χ3n) is 3.81. The SMILES string of the molecule is Cc1ncc2c(n1)CN(Cc1coc(-c3cccs3)n1)CC2. The van der Waals surface area contributed by atoms with Gasteiger partial charge in [-0.3, -0.25) is 4.90 Å². The van der Waals surface area contributed by atoms with Crippen LogP contribution in [0, 0.1) is 6.92 Å². The second kappa shape index (κ2) is 5.62. The minimum absolute atomic E-state index is 0.709. The van der Waals surface area contributed by atoms with Crippen LogP contribution < -0.4 is 0 Å². The van der Waals surface area contributed by atoms with Gasteiger partial charge in [0.05, 0.1) is 16.3 Å². The lowest BCUT2D eigenvalue weighted by atomic mass is 10.1. The second-order valence-electron chi connectivity index (χ2n) is 5.47. The molecule has 0 aliphatic carbocycles. The molecule has 4 heterocycles. The molecule has 1 aliphatic heterocycles. The molecule has 0 radical (unpaired) electrons. The molecule has 0 aromatic carbocycles. The maximum Gasteiger partial charge on any atom is 0.236 e. The Kier molecular flexibility index (Phi) is 3.48. The van der Waals surface area contributed by atoms with Gasteiger partial charge in [-0.1, -0.05) is 6.07 Å². The van der Waals surface area contributed by atoms with Crippen molar-refractivity contribution in [3.05, 3.63) is 52.7 Å². The van der Waals surface area contributed by atoms with E-state index in [0.29, 0.717) is 5.89 Å². The lowest BCUT2D eigenvalue weighted by Crippen LogP contribution is -2.31. The molecule has 0 fully saturated rings. The fourth-order valence-corrected chi connectivity index (χ4v) is 3.37. The largest absolute Gasteiger partial charge is 0.444 e. The van der Waals surface area contributed by atoms with E-state index in [1.54, 1.807) is 17.6 Å². The highest BCUT2D eigenvalue weighted by Gasteiger charge is 2.19. The zero-order chi connectivity index (χ0) is 14.9. The highest BCUT2D eigenvalue weighted by Crippen LogP contribution is 2.25. The first-order chi connectivity index (χ1) is 10.8. The summed E-state index contributed by atoms with van der Waals surface area (Å²) in [6.45, 7) is 4.57. The Labute approximate surface area is 132 Å². The van der Waals surface area contributed by atoms with Gasteiger partial charge >= 0.3 is 0 Å². The number of oxazole rings is 1. The van der Waals surface area contributed by atoms with Crippen molar-refractivity contribution in [2.45, 2.75) is 26.4 Å². The normalized spacial score (nSPS) is 15.0. The van der Waals surface area contributed by atoms with Crippen molar-refractivity contribution in [2.24, 2.45) is 0 Å². The van der Waals surface area contributed by atoms with Crippen LogP contribution in [0.2, 0.25) is 0 Å². The molecule has 0 saturated carbocycles. The molecule has 5 nitrogen and oxygen atoms in total. The van der Waals surface area contributed by atoms with Gasteiger partial charge in [-0.2, -0.15) is 0 Å². The van der Waals surface area contributed by atoms with E-state index in [2.05, 4.69) is 19.9 Å². The van der Waals surface area contributed by atoms with Crippen LogP contribution in [-0.4, -0.2) is 26.4 Å². The van der Waals surface area contributed by atoms with Crippen molar-refractivity contribution in [1.82, 2.24) is 19.9 Å². The molecule has 0 unspecified atom stereocenters. The van der Waals surface area contributed by atoms with Crippen molar-refractivity contribution in [2.75, 3.05) is 6.54 Å². The van der Waals surface area contributed by atoms with E-state index in [9.17, 15) is 0 Å². The summed E-state index contributed by atoms with van der Waals surface area (Å²) in [5.74, 6) is 1.54. The first-order valence-corrected chi connectivity index (χ1v) is 8.18. The summed E-state index contributed by atoms with van der Waals surface area (Å²) in [6, 6.07) is 4.03. The smallest absolute Gasteiger partial charge is 0.236 e. The highest BCUT2D eigenvalue weighted by atomic mass is 32.1. The van der Waals surface area contributed by atoms with Crippen LogP contribution in [0.3, 0.4) is 0 Å². The average Bonchev–Trinajstić information content (AvgIpc) is 3.17. The molecule has 0 spiro atoms. The third kappa shape index (κ3) is 2.67. The number of hydrogen-bond donors (Lipinski definition) is 0. The number of fused-ring (bicyclic) bond motifs is 1. The van der Waals surface area contributed by atoms with E-state index in [1.807, 2.05) is 30.6 Å². The van der Waals surface area contributed by atoms with Crippen molar-refractivity contribution in [1.29, 1.82) is 0 Å². The molecule has 3 aromatic heterocycles. The number of aryl methyl sites for hydroxylation is 1. The zero-order valence-electron chi connectivity index (χ0n) is 12.3. The number of aromatic nitrogens is 3. The summed E-state index contributed by atoms with van der Waals surface area (Å²) >= 11 is 1.64. The Bertz CT molecular complexity index is 781. The lowest BCUT2D eigenvalue weighted by molar-refractivity contribution is 0.238. The first kappa shape index (κ1) is 13.6. The van der Waals surface area contributed by atoms with Crippen molar-refractivity contribution in [3.63, 3.8) is 0 Å². The molecular weight excluding hydrogens is 296 g/mol. The van der Waals surface area contributed by atoms with Crippen molar-refractivity contribution >= 4 is 11.3 Å². The van der Waals surface area contributed by atoms with Gasteiger partial charge < -0.3 is 4.42 Å². The van der Waals surface area contributed by atoms with Gasteiger partial charge in [0.1, 0.15) is 12.1 Å². The average molecular weight is 312 g/mol. The van der Waals surface area contributed by atoms with Gasteiger partial charge in [0.15, 0.2) is 0 Å². The molecule has 1 aliphatic rings. The molecule has 0 bridgehead atoms. The molecule has 0 N–H and O–H groups in total. The first-order valence-electron chi connectivity index (χ1n) is 7.30. The van der Waals surface area contributed by atoms with E-state index < -0.39 is 0 Å². The Morgan fingerprint density at radius 3 is 3.18 bits per heavy atom. The topological polar surface area (TPSA) is 55.1 Å². The highest BCUT2D eigenvalue weighted by molar-refractivity contribution is 7.13. The van der Waals surface area contributed by atoms with E-state index in [1.165, 1.54) is 5.56 Å². The van der Waals surface area contributed by atoms with Crippen LogP contribution in [0.15, 0.2) is 34.4 Å². The molecule has 22 heavy (non-hydrogen) atoms. The van der Waals surface area contributed by atoms with Crippen LogP contribution >= 0.6 is 11.3 Å². The maximum atomic E-state index is 5.59. The Hall–Kier alpha value is -2.05. The molecule has 0 amide bonds. The number of thiophene rings is 1. The number of hydrogen-bond acceptors (Lipinski definition) is 6. The maximum absolute atomic E-state index is 5.59. The van der Waals surface area contributed by atoms with E-state index in [4.69, 9.17) is 4.42 Å². The van der Waals surface area contributed by atoms with Crippen LogP contribution in [0.1, 0.15) is 22.8 Å². The van der Waals surface area contributed by atoms with Crippen LogP contribution in [-0.2, 0) is 19.5 Å². The van der Waals surface area contributed by atoms with Gasteiger partial charge in [-0.05, 0) is 30.4 Å². The van der Waals surface area contributed by atoms with Crippen LogP contribution in [0.5, 0.6) is 0 Å². The summed E-state index contributed by atoms with van der Waals surface area (Å²) in [4.78, 5) is 16.8. The predicted octanol–water partition coefficient (Wildman–Crippen LogP) is 3.06. The summed E-state index contributed by atoms with van der Waals surface area (Å²) in [7, 11) is 0. The molecule has 112 valence electrons. The Morgan fingerprint density at radius 1 is 1.36 bits per heavy atom. The van der Waals surface area contributed by atoms with Gasteiger partial charge in [-0.15, -0.1) is 11.3 Å². The standard InChI is InChI=1S/C16H16N4OS/c1-11-17-7-12-4-5-20(9-14(12)18-11)8-13-10-21-16(19-13)15-3-2-6-22-15/h2-3,6-7,10H,4-5,8-9H2,1H3. The molecular formula is C16H16N4OS.